The minimum atomic E-state index is -4.46. The second-order valence-corrected chi connectivity index (χ2v) is 5.02. The van der Waals surface area contributed by atoms with Crippen LogP contribution in [0.5, 0.6) is 0 Å². The van der Waals surface area contributed by atoms with E-state index in [-0.39, 0.29) is 5.56 Å². The fourth-order valence-electron chi connectivity index (χ4n) is 1.86. The Morgan fingerprint density at radius 2 is 2.05 bits per heavy atom. The highest BCUT2D eigenvalue weighted by Crippen LogP contribution is 2.37. The van der Waals surface area contributed by atoms with Gasteiger partial charge in [0.2, 0.25) is 0 Å². The first-order valence-corrected chi connectivity index (χ1v) is 6.19. The number of hydrogen-bond donors (Lipinski definition) is 1. The van der Waals surface area contributed by atoms with Crippen LogP contribution in [0.2, 0.25) is 0 Å². The Labute approximate surface area is 116 Å². The third kappa shape index (κ3) is 2.82. The first-order valence-electron chi connectivity index (χ1n) is 5.40. The first-order chi connectivity index (χ1) is 8.80. The van der Waals surface area contributed by atoms with Crippen molar-refractivity contribution in [3.63, 3.8) is 0 Å². The van der Waals surface area contributed by atoms with Gasteiger partial charge >= 0.3 is 6.18 Å². The lowest BCUT2D eigenvalue weighted by Gasteiger charge is -2.18. The van der Waals surface area contributed by atoms with Crippen LogP contribution >= 0.6 is 15.9 Å². The van der Waals surface area contributed by atoms with Crippen LogP contribution in [-0.2, 0) is 13.2 Å². The van der Waals surface area contributed by atoms with E-state index < -0.39 is 17.8 Å². The maximum Gasteiger partial charge on any atom is 0.416 e. The molecule has 0 radical (unpaired) electrons. The molecule has 0 aliphatic carbocycles. The molecule has 1 unspecified atom stereocenters. The number of alkyl halides is 3. The Balaban J connectivity index is 2.54. The molecule has 0 fully saturated rings. The second kappa shape index (κ2) is 4.97. The average molecular weight is 334 g/mol. The van der Waals surface area contributed by atoms with Crippen molar-refractivity contribution in [1.29, 1.82) is 0 Å². The van der Waals surface area contributed by atoms with Crippen molar-refractivity contribution >= 4 is 15.9 Å². The van der Waals surface area contributed by atoms with E-state index in [0.717, 1.165) is 6.07 Å². The molecule has 3 nitrogen and oxygen atoms in total. The summed E-state index contributed by atoms with van der Waals surface area (Å²) in [5.74, 6) is 0.382. The summed E-state index contributed by atoms with van der Waals surface area (Å²) in [4.78, 5) is 4.00. The number of aryl methyl sites for hydroxylation is 1. The van der Waals surface area contributed by atoms with Crippen LogP contribution in [0, 0.1) is 0 Å². The molecule has 0 aliphatic heterocycles. The van der Waals surface area contributed by atoms with Crippen LogP contribution in [0.1, 0.15) is 23.0 Å². The van der Waals surface area contributed by atoms with Crippen molar-refractivity contribution in [2.24, 2.45) is 12.8 Å². The Kier molecular flexibility index (Phi) is 3.69. The minimum absolute atomic E-state index is 0.00463. The number of aromatic nitrogens is 2. The van der Waals surface area contributed by atoms with Crippen LogP contribution in [0.4, 0.5) is 13.2 Å². The normalized spacial score (nSPS) is 13.6. The predicted molar refractivity (Wildman–Crippen MR) is 68.4 cm³/mol. The summed E-state index contributed by atoms with van der Waals surface area (Å²) >= 11 is 3.04. The summed E-state index contributed by atoms with van der Waals surface area (Å²) in [6, 6.07) is 3.00. The highest BCUT2D eigenvalue weighted by molar-refractivity contribution is 9.10. The number of halogens is 4. The lowest BCUT2D eigenvalue weighted by Crippen LogP contribution is -2.21. The molecule has 0 bridgehead atoms. The number of nitrogens with zero attached hydrogens (tertiary/aromatic N) is 2. The minimum Gasteiger partial charge on any atom is -0.336 e. The van der Waals surface area contributed by atoms with E-state index in [1.165, 1.54) is 18.3 Å². The van der Waals surface area contributed by atoms with E-state index in [4.69, 9.17) is 5.73 Å². The van der Waals surface area contributed by atoms with Gasteiger partial charge in [-0.1, -0.05) is 22.0 Å². The zero-order valence-electron chi connectivity index (χ0n) is 9.95. The molecule has 19 heavy (non-hydrogen) atoms. The number of nitrogens with two attached hydrogens (primary N) is 1. The molecule has 0 saturated heterocycles. The fourth-order valence-corrected chi connectivity index (χ4v) is 2.22. The van der Waals surface area contributed by atoms with Gasteiger partial charge in [0.25, 0.3) is 0 Å². The van der Waals surface area contributed by atoms with Gasteiger partial charge in [-0.2, -0.15) is 13.2 Å². The SMILES string of the molecule is Cn1ccnc1C(N)c1ccc(Br)cc1C(F)(F)F. The Hall–Kier alpha value is -1.34. The molecule has 2 rings (SSSR count). The largest absolute Gasteiger partial charge is 0.416 e. The predicted octanol–water partition coefficient (Wildman–Crippen LogP) is 3.25. The highest BCUT2D eigenvalue weighted by Gasteiger charge is 2.35. The topological polar surface area (TPSA) is 43.8 Å². The summed E-state index contributed by atoms with van der Waals surface area (Å²) in [5, 5.41) is 0. The van der Waals surface area contributed by atoms with Crippen molar-refractivity contribution in [2.45, 2.75) is 12.2 Å². The van der Waals surface area contributed by atoms with Crippen LogP contribution in [0.25, 0.3) is 0 Å². The number of rotatable bonds is 2. The number of imidazole rings is 1. The van der Waals surface area contributed by atoms with Crippen molar-refractivity contribution in [3.8, 4) is 0 Å². The van der Waals surface area contributed by atoms with Crippen LogP contribution in [0.3, 0.4) is 0 Å². The lowest BCUT2D eigenvalue weighted by atomic mass is 10.00. The average Bonchev–Trinajstić information content (AvgIpc) is 2.73. The summed E-state index contributed by atoms with van der Waals surface area (Å²) in [6.45, 7) is 0. The summed E-state index contributed by atoms with van der Waals surface area (Å²) in [6.07, 6.45) is -1.31. The molecular weight excluding hydrogens is 323 g/mol. The van der Waals surface area contributed by atoms with Gasteiger partial charge in [0, 0.05) is 23.9 Å². The van der Waals surface area contributed by atoms with E-state index in [1.807, 2.05) is 0 Å². The second-order valence-electron chi connectivity index (χ2n) is 4.10. The van der Waals surface area contributed by atoms with Crippen LogP contribution in [-0.4, -0.2) is 9.55 Å². The quantitative estimate of drug-likeness (QED) is 0.916. The van der Waals surface area contributed by atoms with Crippen LogP contribution in [0.15, 0.2) is 35.1 Å². The third-order valence-corrected chi connectivity index (χ3v) is 3.29. The van der Waals surface area contributed by atoms with Gasteiger partial charge in [-0.3, -0.25) is 0 Å². The molecule has 1 aromatic carbocycles. The molecule has 102 valence electrons. The number of hydrogen-bond acceptors (Lipinski definition) is 2. The van der Waals surface area contributed by atoms with Gasteiger partial charge in [-0.15, -0.1) is 0 Å². The molecular formula is C12H11BrF3N3. The molecule has 7 heteroatoms. The fraction of sp³-hybridized carbons (Fsp3) is 0.250. The Morgan fingerprint density at radius 1 is 1.37 bits per heavy atom. The summed E-state index contributed by atoms with van der Waals surface area (Å²) in [7, 11) is 1.69. The van der Waals surface area contributed by atoms with E-state index >= 15 is 0 Å². The van der Waals surface area contributed by atoms with E-state index in [9.17, 15) is 13.2 Å². The maximum absolute atomic E-state index is 13.0. The Bertz CT molecular complexity index is 592. The molecule has 1 atom stereocenters. The molecule has 0 saturated carbocycles. The zero-order chi connectivity index (χ0) is 14.2. The summed E-state index contributed by atoms with van der Waals surface area (Å²) in [5.41, 5.74) is 5.16. The van der Waals surface area contributed by atoms with Crippen molar-refractivity contribution in [1.82, 2.24) is 9.55 Å². The van der Waals surface area contributed by atoms with Gasteiger partial charge in [0.15, 0.2) is 0 Å². The van der Waals surface area contributed by atoms with Gasteiger partial charge in [0.1, 0.15) is 5.82 Å². The summed E-state index contributed by atoms with van der Waals surface area (Å²) < 4.78 is 41.0. The highest BCUT2D eigenvalue weighted by atomic mass is 79.9. The third-order valence-electron chi connectivity index (χ3n) is 2.79. The molecule has 2 N–H and O–H groups in total. The van der Waals surface area contributed by atoms with Gasteiger partial charge in [-0.05, 0) is 17.7 Å². The zero-order valence-corrected chi connectivity index (χ0v) is 11.5. The molecule has 1 heterocycles. The molecule has 0 aliphatic rings. The van der Waals surface area contributed by atoms with E-state index in [1.54, 1.807) is 17.8 Å². The van der Waals surface area contributed by atoms with Gasteiger partial charge in [-0.25, -0.2) is 4.98 Å². The van der Waals surface area contributed by atoms with Crippen molar-refractivity contribution in [3.05, 3.63) is 52.0 Å². The lowest BCUT2D eigenvalue weighted by molar-refractivity contribution is -0.138. The monoisotopic (exact) mass is 333 g/mol. The maximum atomic E-state index is 13.0. The van der Waals surface area contributed by atoms with Crippen molar-refractivity contribution in [2.75, 3.05) is 0 Å². The first kappa shape index (κ1) is 14.1. The molecule has 0 spiro atoms. The number of benzene rings is 1. The standard InChI is InChI=1S/C12H11BrF3N3/c1-19-5-4-18-11(19)10(17)8-3-2-7(13)6-9(8)12(14,15)16/h2-6,10H,17H2,1H3. The van der Waals surface area contributed by atoms with E-state index in [0.29, 0.717) is 10.3 Å². The molecule has 1 aromatic heterocycles. The Morgan fingerprint density at radius 3 is 2.58 bits per heavy atom. The van der Waals surface area contributed by atoms with Gasteiger partial charge in [0.05, 0.1) is 11.6 Å². The van der Waals surface area contributed by atoms with Gasteiger partial charge < -0.3 is 10.3 Å². The van der Waals surface area contributed by atoms with Crippen LogP contribution < -0.4 is 5.73 Å². The smallest absolute Gasteiger partial charge is 0.336 e. The van der Waals surface area contributed by atoms with E-state index in [2.05, 4.69) is 20.9 Å². The molecule has 0 amide bonds. The molecule has 2 aromatic rings. The van der Waals surface area contributed by atoms with Crippen molar-refractivity contribution < 1.29 is 13.2 Å².